The van der Waals surface area contributed by atoms with Gasteiger partial charge in [-0.25, -0.2) is 0 Å². The third-order valence-electron chi connectivity index (χ3n) is 4.06. The minimum absolute atomic E-state index is 0.544. The smallest absolute Gasteiger partial charge is 0.0320 e. The van der Waals surface area contributed by atoms with Crippen LogP contribution < -0.4 is 5.32 Å². The molecule has 94 valence electrons. The summed E-state index contributed by atoms with van der Waals surface area (Å²) < 4.78 is 0. The third-order valence-corrected chi connectivity index (χ3v) is 4.06. The average molecular weight is 231 g/mol. The van der Waals surface area contributed by atoms with E-state index in [1.807, 2.05) is 0 Å². The van der Waals surface area contributed by atoms with Crippen molar-refractivity contribution in [1.29, 1.82) is 0 Å². The Kier molecular flexibility index (Phi) is 4.22. The van der Waals surface area contributed by atoms with E-state index in [0.29, 0.717) is 6.04 Å². The molecule has 1 saturated carbocycles. The number of hydrogen-bond donors (Lipinski definition) is 1. The second-order valence-corrected chi connectivity index (χ2v) is 5.23. The van der Waals surface area contributed by atoms with Crippen LogP contribution in [0.1, 0.15) is 57.2 Å². The fourth-order valence-electron chi connectivity index (χ4n) is 2.60. The van der Waals surface area contributed by atoms with Gasteiger partial charge in [-0.3, -0.25) is 0 Å². The zero-order valence-electron chi connectivity index (χ0n) is 11.4. The normalized spacial score (nSPS) is 24.6. The van der Waals surface area contributed by atoms with Gasteiger partial charge in [0, 0.05) is 12.1 Å². The molecule has 1 aliphatic rings. The van der Waals surface area contributed by atoms with E-state index in [-0.39, 0.29) is 0 Å². The highest BCUT2D eigenvalue weighted by Gasteiger charge is 2.36. The molecule has 1 fully saturated rings. The Balaban J connectivity index is 1.97. The van der Waals surface area contributed by atoms with Crippen molar-refractivity contribution in [2.24, 2.45) is 5.92 Å². The topological polar surface area (TPSA) is 12.0 Å². The van der Waals surface area contributed by atoms with Crippen molar-refractivity contribution in [2.45, 2.75) is 58.5 Å². The summed E-state index contributed by atoms with van der Waals surface area (Å²) in [6, 6.07) is 10.4. The maximum atomic E-state index is 3.80. The second-order valence-electron chi connectivity index (χ2n) is 5.23. The molecule has 3 atom stereocenters. The van der Waals surface area contributed by atoms with Gasteiger partial charge in [0.05, 0.1) is 0 Å². The summed E-state index contributed by atoms with van der Waals surface area (Å²) in [5, 5.41) is 3.80. The van der Waals surface area contributed by atoms with Gasteiger partial charge in [-0.1, -0.05) is 51.5 Å². The van der Waals surface area contributed by atoms with Crippen LogP contribution >= 0.6 is 0 Å². The lowest BCUT2D eigenvalue weighted by molar-refractivity contribution is 0.494. The van der Waals surface area contributed by atoms with E-state index >= 15 is 0 Å². The molecule has 2 rings (SSSR count). The monoisotopic (exact) mass is 231 g/mol. The molecule has 1 aromatic carbocycles. The van der Waals surface area contributed by atoms with Gasteiger partial charge in [0.1, 0.15) is 0 Å². The predicted octanol–water partition coefficient (Wildman–Crippen LogP) is 4.09. The molecule has 0 saturated heterocycles. The molecular formula is C16H25N. The number of nitrogens with one attached hydrogen (secondary N) is 1. The van der Waals surface area contributed by atoms with E-state index < -0.39 is 0 Å². The van der Waals surface area contributed by atoms with Crippen LogP contribution in [0.2, 0.25) is 0 Å². The molecule has 1 nitrogen and oxygen atoms in total. The largest absolute Gasteiger partial charge is 0.307 e. The molecule has 0 bridgehead atoms. The number of benzene rings is 1. The van der Waals surface area contributed by atoms with E-state index in [9.17, 15) is 0 Å². The van der Waals surface area contributed by atoms with Gasteiger partial charge in [0.2, 0.25) is 0 Å². The molecule has 0 aromatic heterocycles. The molecule has 0 aliphatic heterocycles. The Morgan fingerprint density at radius 3 is 2.35 bits per heavy atom. The van der Waals surface area contributed by atoms with Crippen LogP contribution in [0.5, 0.6) is 0 Å². The first kappa shape index (κ1) is 12.6. The van der Waals surface area contributed by atoms with Gasteiger partial charge in [-0.2, -0.15) is 0 Å². The molecule has 0 radical (unpaired) electrons. The van der Waals surface area contributed by atoms with Crippen LogP contribution in [0.4, 0.5) is 0 Å². The zero-order chi connectivity index (χ0) is 12.3. The number of rotatable bonds is 6. The maximum Gasteiger partial charge on any atom is 0.0320 e. The minimum atomic E-state index is 0.544. The van der Waals surface area contributed by atoms with Crippen LogP contribution in [0.15, 0.2) is 24.3 Å². The third kappa shape index (κ3) is 3.10. The van der Waals surface area contributed by atoms with Gasteiger partial charge in [-0.15, -0.1) is 0 Å². The molecule has 1 N–H and O–H groups in total. The van der Waals surface area contributed by atoms with Crippen LogP contribution in [0, 0.1) is 5.92 Å². The molecule has 0 amide bonds. The molecule has 0 heterocycles. The van der Waals surface area contributed by atoms with Crippen molar-refractivity contribution in [1.82, 2.24) is 5.32 Å². The van der Waals surface area contributed by atoms with Crippen molar-refractivity contribution in [2.75, 3.05) is 0 Å². The fraction of sp³-hybridized carbons (Fsp3) is 0.625. The highest BCUT2D eigenvalue weighted by Crippen LogP contribution is 2.35. The van der Waals surface area contributed by atoms with E-state index in [1.165, 1.54) is 30.4 Å². The Morgan fingerprint density at radius 2 is 1.88 bits per heavy atom. The summed E-state index contributed by atoms with van der Waals surface area (Å²) in [5.74, 6) is 0.930. The van der Waals surface area contributed by atoms with Gasteiger partial charge in [0.15, 0.2) is 0 Å². The van der Waals surface area contributed by atoms with E-state index in [1.54, 1.807) is 0 Å². The highest BCUT2D eigenvalue weighted by atomic mass is 15.0. The summed E-state index contributed by atoms with van der Waals surface area (Å²) >= 11 is 0. The Bertz CT molecular complexity index is 341. The van der Waals surface area contributed by atoms with Crippen molar-refractivity contribution in [3.63, 3.8) is 0 Å². The standard InChI is InChI=1S/C16H25N/c1-4-12-7-9-14(10-8-12)15(6-3)17-16-11-13(16)5-2/h7-10,13,15-17H,4-6,11H2,1-3H3. The number of aryl methyl sites for hydroxylation is 1. The first-order valence-electron chi connectivity index (χ1n) is 7.13. The van der Waals surface area contributed by atoms with Crippen molar-refractivity contribution in [3.05, 3.63) is 35.4 Å². The summed E-state index contributed by atoms with van der Waals surface area (Å²) in [6.45, 7) is 6.78. The van der Waals surface area contributed by atoms with E-state index in [2.05, 4.69) is 50.4 Å². The van der Waals surface area contributed by atoms with Crippen molar-refractivity contribution in [3.8, 4) is 0 Å². The molecule has 17 heavy (non-hydrogen) atoms. The molecule has 0 spiro atoms. The Labute approximate surface area is 106 Å². The SMILES string of the molecule is CCc1ccc(C(CC)NC2CC2CC)cc1. The van der Waals surface area contributed by atoms with E-state index in [0.717, 1.165) is 18.4 Å². The quantitative estimate of drug-likeness (QED) is 0.777. The zero-order valence-corrected chi connectivity index (χ0v) is 11.4. The first-order chi connectivity index (χ1) is 8.28. The van der Waals surface area contributed by atoms with Gasteiger partial charge in [0.25, 0.3) is 0 Å². The summed E-state index contributed by atoms with van der Waals surface area (Å²) in [4.78, 5) is 0. The Hall–Kier alpha value is -0.820. The van der Waals surface area contributed by atoms with Crippen molar-refractivity contribution < 1.29 is 0 Å². The van der Waals surface area contributed by atoms with Crippen LogP contribution in [0.3, 0.4) is 0 Å². The second kappa shape index (κ2) is 5.68. The lowest BCUT2D eigenvalue weighted by atomic mass is 10.0. The Morgan fingerprint density at radius 1 is 1.18 bits per heavy atom. The molecule has 1 aromatic rings. The minimum Gasteiger partial charge on any atom is -0.307 e. The van der Waals surface area contributed by atoms with Gasteiger partial charge < -0.3 is 5.32 Å². The predicted molar refractivity (Wildman–Crippen MR) is 74.2 cm³/mol. The maximum absolute atomic E-state index is 3.80. The van der Waals surface area contributed by atoms with E-state index in [4.69, 9.17) is 0 Å². The lowest BCUT2D eigenvalue weighted by Crippen LogP contribution is -2.24. The highest BCUT2D eigenvalue weighted by molar-refractivity contribution is 5.25. The molecule has 1 heteroatoms. The molecular weight excluding hydrogens is 206 g/mol. The lowest BCUT2D eigenvalue weighted by Gasteiger charge is -2.18. The van der Waals surface area contributed by atoms with Gasteiger partial charge >= 0.3 is 0 Å². The van der Waals surface area contributed by atoms with Crippen molar-refractivity contribution >= 4 is 0 Å². The summed E-state index contributed by atoms with van der Waals surface area (Å²) in [5.41, 5.74) is 2.88. The van der Waals surface area contributed by atoms with Crippen LogP contribution in [0.25, 0.3) is 0 Å². The van der Waals surface area contributed by atoms with Crippen LogP contribution in [-0.4, -0.2) is 6.04 Å². The van der Waals surface area contributed by atoms with Crippen LogP contribution in [-0.2, 0) is 6.42 Å². The van der Waals surface area contributed by atoms with Gasteiger partial charge in [-0.05, 0) is 36.3 Å². The fourth-order valence-corrected chi connectivity index (χ4v) is 2.60. The average Bonchev–Trinajstić information content (AvgIpc) is 3.14. The summed E-state index contributed by atoms with van der Waals surface area (Å²) in [7, 11) is 0. The first-order valence-corrected chi connectivity index (χ1v) is 7.13. The molecule has 1 aliphatic carbocycles. The molecule has 3 unspecified atom stereocenters. The summed E-state index contributed by atoms with van der Waals surface area (Å²) in [6.07, 6.45) is 5.01. The number of hydrogen-bond acceptors (Lipinski definition) is 1.